The largest absolute Gasteiger partial charge is 0.285 e. The molecule has 0 spiro atoms. The van der Waals surface area contributed by atoms with Gasteiger partial charge in [-0.15, -0.1) is 0 Å². The summed E-state index contributed by atoms with van der Waals surface area (Å²) in [6.07, 6.45) is 2.13. The first-order chi connectivity index (χ1) is 11.9. The van der Waals surface area contributed by atoms with Crippen LogP contribution in [-0.2, 0) is 22.6 Å². The van der Waals surface area contributed by atoms with Gasteiger partial charge in [-0.05, 0) is 53.5 Å². The number of amides is 1. The van der Waals surface area contributed by atoms with Gasteiger partial charge in [0.15, 0.2) is 5.69 Å². The number of aromatic nitrogens is 4. The molecule has 0 saturated heterocycles. The highest BCUT2D eigenvalue weighted by Gasteiger charge is 2.34. The molecule has 142 valence electrons. The van der Waals surface area contributed by atoms with E-state index >= 15 is 0 Å². The van der Waals surface area contributed by atoms with E-state index in [0.717, 1.165) is 18.5 Å². The molecular weight excluding hydrogens is 354 g/mol. The van der Waals surface area contributed by atoms with Crippen molar-refractivity contribution in [1.82, 2.24) is 24.3 Å². The normalized spacial score (nSPS) is 15.3. The first kappa shape index (κ1) is 18.6. The molecule has 0 aliphatic heterocycles. The summed E-state index contributed by atoms with van der Waals surface area (Å²) in [5, 5.41) is 8.50. The van der Waals surface area contributed by atoms with Crippen molar-refractivity contribution in [2.24, 2.45) is 7.05 Å². The minimum absolute atomic E-state index is 0.0334. The molecule has 1 amide bonds. The number of hydrogen-bond acceptors (Lipinski definition) is 5. The van der Waals surface area contributed by atoms with Crippen molar-refractivity contribution in [3.8, 4) is 0 Å². The summed E-state index contributed by atoms with van der Waals surface area (Å²) < 4.78 is 30.8. The number of hydrogen-bond donors (Lipinski definition) is 1. The lowest BCUT2D eigenvalue weighted by atomic mass is 10.1. The Labute approximate surface area is 153 Å². The highest BCUT2D eigenvalue weighted by atomic mass is 32.2. The van der Waals surface area contributed by atoms with E-state index < -0.39 is 15.9 Å². The molecule has 1 N–H and O–H groups in total. The van der Waals surface area contributed by atoms with E-state index in [2.05, 4.69) is 14.9 Å². The molecule has 0 radical (unpaired) electrons. The Kier molecular flexibility index (Phi) is 4.25. The fraction of sp³-hybridized carbons (Fsp3) is 0.588. The van der Waals surface area contributed by atoms with E-state index in [9.17, 15) is 13.2 Å². The van der Waals surface area contributed by atoms with Gasteiger partial charge in [-0.1, -0.05) is 0 Å². The minimum Gasteiger partial charge on any atom is -0.271 e. The standard InChI is InChI=1S/C17H25N5O3S/c1-10-15(11(2)21(6)18-10)26(24,25)20-16(23)13-9-14(12-7-8-12)22(19-13)17(3,4)5/h9,12H,7-8H2,1-6H3,(H,20,23). The average Bonchev–Trinajstić information content (AvgIpc) is 3.15. The molecule has 1 fully saturated rings. The summed E-state index contributed by atoms with van der Waals surface area (Å²) in [5.41, 5.74) is 1.63. The third-order valence-corrected chi connectivity index (χ3v) is 6.12. The van der Waals surface area contributed by atoms with Crippen molar-refractivity contribution in [2.45, 2.75) is 63.8 Å². The molecule has 8 nitrogen and oxygen atoms in total. The topological polar surface area (TPSA) is 98.9 Å². The molecule has 2 aromatic rings. The quantitative estimate of drug-likeness (QED) is 0.876. The summed E-state index contributed by atoms with van der Waals surface area (Å²) in [7, 11) is -2.36. The highest BCUT2D eigenvalue weighted by Crippen LogP contribution is 2.41. The monoisotopic (exact) mass is 379 g/mol. The Balaban J connectivity index is 1.93. The Bertz CT molecular complexity index is 975. The van der Waals surface area contributed by atoms with Crippen molar-refractivity contribution < 1.29 is 13.2 Å². The number of nitrogens with one attached hydrogen (secondary N) is 1. The Hall–Kier alpha value is -2.16. The lowest BCUT2D eigenvalue weighted by Gasteiger charge is -2.22. The number of aryl methyl sites for hydroxylation is 2. The molecule has 0 unspecified atom stereocenters. The molecule has 3 rings (SSSR count). The van der Waals surface area contributed by atoms with Crippen molar-refractivity contribution in [3.05, 3.63) is 28.8 Å². The summed E-state index contributed by atoms with van der Waals surface area (Å²) >= 11 is 0. The Morgan fingerprint density at radius 2 is 1.85 bits per heavy atom. The van der Waals surface area contributed by atoms with Crippen LogP contribution in [0.4, 0.5) is 0 Å². The number of carbonyl (C=O) groups excluding carboxylic acids is 1. The summed E-state index contributed by atoms with van der Waals surface area (Å²) in [4.78, 5) is 12.6. The van der Waals surface area contributed by atoms with Gasteiger partial charge in [0.1, 0.15) is 4.90 Å². The maximum absolute atomic E-state index is 12.7. The van der Waals surface area contributed by atoms with Gasteiger partial charge in [0.25, 0.3) is 15.9 Å². The number of carbonyl (C=O) groups is 1. The van der Waals surface area contributed by atoms with Crippen molar-refractivity contribution in [1.29, 1.82) is 0 Å². The smallest absolute Gasteiger partial charge is 0.271 e. The lowest BCUT2D eigenvalue weighted by molar-refractivity contribution is 0.0975. The van der Waals surface area contributed by atoms with Gasteiger partial charge in [0, 0.05) is 18.7 Å². The van der Waals surface area contributed by atoms with Crippen LogP contribution < -0.4 is 4.72 Å². The maximum Gasteiger partial charge on any atom is 0.285 e. The zero-order valence-electron chi connectivity index (χ0n) is 16.0. The molecule has 0 bridgehead atoms. The van der Waals surface area contributed by atoms with Crippen LogP contribution in [0.5, 0.6) is 0 Å². The van der Waals surface area contributed by atoms with E-state index in [4.69, 9.17) is 0 Å². The third-order valence-electron chi connectivity index (χ3n) is 4.54. The van der Waals surface area contributed by atoms with Crippen LogP contribution in [0.3, 0.4) is 0 Å². The van der Waals surface area contributed by atoms with Gasteiger partial charge in [0.2, 0.25) is 0 Å². The van der Waals surface area contributed by atoms with E-state index in [1.807, 2.05) is 25.5 Å². The number of nitrogens with zero attached hydrogens (tertiary/aromatic N) is 4. The van der Waals surface area contributed by atoms with Crippen LogP contribution in [0.25, 0.3) is 0 Å². The van der Waals surface area contributed by atoms with Crippen molar-refractivity contribution in [3.63, 3.8) is 0 Å². The van der Waals surface area contributed by atoms with Crippen LogP contribution in [0, 0.1) is 13.8 Å². The molecule has 2 aromatic heterocycles. The molecule has 9 heteroatoms. The predicted octanol–water partition coefficient (Wildman–Crippen LogP) is 1.98. The molecule has 1 aliphatic carbocycles. The average molecular weight is 379 g/mol. The van der Waals surface area contributed by atoms with E-state index in [1.165, 1.54) is 4.68 Å². The van der Waals surface area contributed by atoms with Crippen molar-refractivity contribution in [2.75, 3.05) is 0 Å². The van der Waals surface area contributed by atoms with Crippen LogP contribution in [0.2, 0.25) is 0 Å². The fourth-order valence-corrected chi connectivity index (χ4v) is 4.48. The Morgan fingerprint density at radius 3 is 2.31 bits per heavy atom. The molecule has 1 aliphatic rings. The van der Waals surface area contributed by atoms with Crippen molar-refractivity contribution >= 4 is 15.9 Å². The fourth-order valence-electron chi connectivity index (χ4n) is 3.08. The van der Waals surface area contributed by atoms with Gasteiger partial charge < -0.3 is 0 Å². The van der Waals surface area contributed by atoms with Crippen LogP contribution >= 0.6 is 0 Å². The van der Waals surface area contributed by atoms with Crippen LogP contribution in [0.15, 0.2) is 11.0 Å². The number of rotatable bonds is 4. The lowest BCUT2D eigenvalue weighted by Crippen LogP contribution is -2.32. The second-order valence-corrected chi connectivity index (χ2v) is 9.49. The van der Waals surface area contributed by atoms with E-state index in [0.29, 0.717) is 17.3 Å². The molecule has 0 aromatic carbocycles. The van der Waals surface area contributed by atoms with E-state index in [-0.39, 0.29) is 16.1 Å². The number of sulfonamides is 1. The van der Waals surface area contributed by atoms with Crippen LogP contribution in [-0.4, -0.2) is 33.9 Å². The molecular formula is C17H25N5O3S. The first-order valence-corrected chi connectivity index (χ1v) is 10.1. The maximum atomic E-state index is 12.7. The summed E-state index contributed by atoms with van der Waals surface area (Å²) in [5.74, 6) is -0.333. The molecule has 26 heavy (non-hydrogen) atoms. The second-order valence-electron chi connectivity index (χ2n) is 7.87. The van der Waals surface area contributed by atoms with Gasteiger partial charge >= 0.3 is 0 Å². The first-order valence-electron chi connectivity index (χ1n) is 8.59. The van der Waals surface area contributed by atoms with Gasteiger partial charge in [-0.25, -0.2) is 13.1 Å². The second kappa shape index (κ2) is 5.94. The zero-order valence-corrected chi connectivity index (χ0v) is 16.8. The molecule has 1 saturated carbocycles. The molecule has 2 heterocycles. The predicted molar refractivity (Wildman–Crippen MR) is 96.5 cm³/mol. The van der Waals surface area contributed by atoms with Crippen LogP contribution in [0.1, 0.15) is 67.1 Å². The summed E-state index contributed by atoms with van der Waals surface area (Å²) in [6.45, 7) is 9.27. The highest BCUT2D eigenvalue weighted by molar-refractivity contribution is 7.90. The van der Waals surface area contributed by atoms with Gasteiger partial charge in [0.05, 0.1) is 16.9 Å². The summed E-state index contributed by atoms with van der Waals surface area (Å²) in [6, 6.07) is 1.71. The Morgan fingerprint density at radius 1 is 1.23 bits per heavy atom. The van der Waals surface area contributed by atoms with Gasteiger partial charge in [-0.3, -0.25) is 14.2 Å². The van der Waals surface area contributed by atoms with E-state index in [1.54, 1.807) is 27.0 Å². The molecule has 0 atom stereocenters. The van der Waals surface area contributed by atoms with Gasteiger partial charge in [-0.2, -0.15) is 10.2 Å². The SMILES string of the molecule is Cc1nn(C)c(C)c1S(=O)(=O)NC(=O)c1cc(C2CC2)n(C(C)(C)C)n1. The third kappa shape index (κ3) is 3.27. The minimum atomic E-state index is -4.02. The zero-order chi connectivity index (χ0) is 19.4.